The molecule has 22 heavy (non-hydrogen) atoms. The molecule has 3 nitrogen and oxygen atoms in total. The highest BCUT2D eigenvalue weighted by molar-refractivity contribution is 5.71. The monoisotopic (exact) mass is 304 g/mol. The average molecular weight is 304 g/mol. The summed E-state index contributed by atoms with van der Waals surface area (Å²) < 4.78 is 11.2. The Morgan fingerprint density at radius 2 is 1.82 bits per heavy atom. The van der Waals surface area contributed by atoms with E-state index in [4.69, 9.17) is 9.47 Å². The molecule has 0 amide bonds. The summed E-state index contributed by atoms with van der Waals surface area (Å²) >= 11 is 0. The number of carbonyl (C=O) groups is 1. The van der Waals surface area contributed by atoms with E-state index in [1.54, 1.807) is 0 Å². The van der Waals surface area contributed by atoms with Crippen LogP contribution in [-0.2, 0) is 9.53 Å². The lowest BCUT2D eigenvalue weighted by molar-refractivity contribution is -0.162. The normalized spacial score (nSPS) is 18.0. The summed E-state index contributed by atoms with van der Waals surface area (Å²) in [6.45, 7) is 6.47. The Hall–Kier alpha value is -1.51. The Kier molecular flexibility index (Phi) is 5.87. The fourth-order valence-corrected chi connectivity index (χ4v) is 3.09. The fraction of sp³-hybridized carbons (Fsp3) is 0.632. The predicted molar refractivity (Wildman–Crippen MR) is 88.2 cm³/mol. The van der Waals surface area contributed by atoms with Crippen LogP contribution in [0.3, 0.4) is 0 Å². The van der Waals surface area contributed by atoms with Crippen LogP contribution < -0.4 is 4.74 Å². The Labute approximate surface area is 134 Å². The van der Waals surface area contributed by atoms with E-state index in [0.717, 1.165) is 44.3 Å². The molecule has 0 heterocycles. The van der Waals surface area contributed by atoms with Crippen molar-refractivity contribution in [3.05, 3.63) is 29.8 Å². The van der Waals surface area contributed by atoms with E-state index in [1.807, 2.05) is 12.1 Å². The Bertz CT molecular complexity index is 472. The molecular formula is C19H28O3. The molecule has 0 aliphatic heterocycles. The van der Waals surface area contributed by atoms with Gasteiger partial charge in [-0.2, -0.15) is 0 Å². The zero-order valence-electron chi connectivity index (χ0n) is 14.1. The molecule has 3 heteroatoms. The highest BCUT2D eigenvalue weighted by Crippen LogP contribution is 2.36. The van der Waals surface area contributed by atoms with Crippen molar-refractivity contribution >= 4 is 5.97 Å². The fourth-order valence-electron chi connectivity index (χ4n) is 3.09. The van der Waals surface area contributed by atoms with Gasteiger partial charge in [0, 0.05) is 0 Å². The molecule has 0 radical (unpaired) electrons. The second kappa shape index (κ2) is 7.66. The Balaban J connectivity index is 1.83. The van der Waals surface area contributed by atoms with Crippen molar-refractivity contribution in [3.63, 3.8) is 0 Å². The molecule has 1 aromatic carbocycles. The smallest absolute Gasteiger partial charge is 0.344 e. The largest absolute Gasteiger partial charge is 0.482 e. The van der Waals surface area contributed by atoms with Crippen molar-refractivity contribution < 1.29 is 14.3 Å². The SMILES string of the molecule is CCC(C)c1ccc(OCC(=O)OC2(CC)CCCC2)cc1. The highest BCUT2D eigenvalue weighted by Gasteiger charge is 2.35. The number of benzene rings is 1. The quantitative estimate of drug-likeness (QED) is 0.676. The van der Waals surface area contributed by atoms with E-state index in [9.17, 15) is 4.79 Å². The summed E-state index contributed by atoms with van der Waals surface area (Å²) in [7, 11) is 0. The van der Waals surface area contributed by atoms with Crippen molar-refractivity contribution in [1.82, 2.24) is 0 Å². The molecule has 0 spiro atoms. The summed E-state index contributed by atoms with van der Waals surface area (Å²) in [5.41, 5.74) is 1.06. The zero-order valence-corrected chi connectivity index (χ0v) is 14.1. The lowest BCUT2D eigenvalue weighted by atomic mass is 9.99. The maximum atomic E-state index is 12.0. The van der Waals surface area contributed by atoms with E-state index >= 15 is 0 Å². The first-order chi connectivity index (χ1) is 10.6. The van der Waals surface area contributed by atoms with Crippen LogP contribution in [0.4, 0.5) is 0 Å². The van der Waals surface area contributed by atoms with Crippen LogP contribution in [0.5, 0.6) is 5.75 Å². The van der Waals surface area contributed by atoms with Crippen molar-refractivity contribution in [1.29, 1.82) is 0 Å². The molecule has 1 atom stereocenters. The van der Waals surface area contributed by atoms with Crippen LogP contribution in [0.2, 0.25) is 0 Å². The van der Waals surface area contributed by atoms with E-state index in [0.29, 0.717) is 5.92 Å². The molecule has 2 rings (SSSR count). The molecule has 0 aromatic heterocycles. The second-order valence-electron chi connectivity index (χ2n) is 6.38. The number of hydrogen-bond acceptors (Lipinski definition) is 3. The summed E-state index contributed by atoms with van der Waals surface area (Å²) in [6, 6.07) is 8.00. The summed E-state index contributed by atoms with van der Waals surface area (Å²) in [4.78, 5) is 12.0. The molecule has 0 N–H and O–H groups in total. The van der Waals surface area contributed by atoms with Crippen LogP contribution in [0, 0.1) is 0 Å². The van der Waals surface area contributed by atoms with Crippen LogP contribution in [0.25, 0.3) is 0 Å². The molecule has 1 unspecified atom stereocenters. The first kappa shape index (κ1) is 16.9. The van der Waals surface area contributed by atoms with Gasteiger partial charge < -0.3 is 9.47 Å². The van der Waals surface area contributed by atoms with Crippen molar-refractivity contribution in [2.75, 3.05) is 6.61 Å². The number of esters is 1. The maximum Gasteiger partial charge on any atom is 0.344 e. The highest BCUT2D eigenvalue weighted by atomic mass is 16.6. The van der Waals surface area contributed by atoms with Gasteiger partial charge in [0.25, 0.3) is 0 Å². The minimum absolute atomic E-state index is 0.00950. The third-order valence-corrected chi connectivity index (χ3v) is 4.91. The van der Waals surface area contributed by atoms with Crippen LogP contribution in [0.1, 0.15) is 70.8 Å². The topological polar surface area (TPSA) is 35.5 Å². The first-order valence-corrected chi connectivity index (χ1v) is 8.53. The van der Waals surface area contributed by atoms with Gasteiger partial charge in [-0.1, -0.05) is 32.9 Å². The molecule has 1 fully saturated rings. The molecule has 1 aromatic rings. The first-order valence-electron chi connectivity index (χ1n) is 8.53. The second-order valence-corrected chi connectivity index (χ2v) is 6.38. The Morgan fingerprint density at radius 3 is 2.36 bits per heavy atom. The zero-order chi connectivity index (χ0) is 16.0. The van der Waals surface area contributed by atoms with E-state index in [2.05, 4.69) is 32.9 Å². The van der Waals surface area contributed by atoms with Gasteiger partial charge in [0.05, 0.1) is 0 Å². The van der Waals surface area contributed by atoms with Gasteiger partial charge in [0.1, 0.15) is 11.4 Å². The van der Waals surface area contributed by atoms with Gasteiger partial charge >= 0.3 is 5.97 Å². The van der Waals surface area contributed by atoms with Gasteiger partial charge in [-0.15, -0.1) is 0 Å². The maximum absolute atomic E-state index is 12.0. The molecule has 1 aliphatic rings. The van der Waals surface area contributed by atoms with Gasteiger partial charge in [-0.05, 0) is 62.1 Å². The van der Waals surface area contributed by atoms with E-state index < -0.39 is 0 Å². The predicted octanol–water partition coefficient (Wildman–Crippen LogP) is 4.84. The summed E-state index contributed by atoms with van der Waals surface area (Å²) in [5, 5.41) is 0. The lowest BCUT2D eigenvalue weighted by Crippen LogP contribution is -2.33. The molecule has 122 valence electrons. The summed E-state index contributed by atoms with van der Waals surface area (Å²) in [5.74, 6) is 1.02. The van der Waals surface area contributed by atoms with Gasteiger partial charge in [-0.25, -0.2) is 4.79 Å². The molecule has 1 saturated carbocycles. The Morgan fingerprint density at radius 1 is 1.18 bits per heavy atom. The van der Waals surface area contributed by atoms with Crippen LogP contribution in [0.15, 0.2) is 24.3 Å². The van der Waals surface area contributed by atoms with Gasteiger partial charge in [-0.3, -0.25) is 0 Å². The minimum atomic E-state index is -0.255. The van der Waals surface area contributed by atoms with E-state index in [1.165, 1.54) is 5.56 Å². The number of ether oxygens (including phenoxy) is 2. The molecule has 0 bridgehead atoms. The minimum Gasteiger partial charge on any atom is -0.482 e. The third kappa shape index (κ3) is 4.25. The van der Waals surface area contributed by atoms with Crippen molar-refractivity contribution in [2.24, 2.45) is 0 Å². The molecule has 1 aliphatic carbocycles. The number of rotatable bonds is 7. The van der Waals surface area contributed by atoms with E-state index in [-0.39, 0.29) is 18.2 Å². The molecular weight excluding hydrogens is 276 g/mol. The summed E-state index contributed by atoms with van der Waals surface area (Å²) in [6.07, 6.45) is 6.28. The average Bonchev–Trinajstić information content (AvgIpc) is 3.01. The standard InChI is InChI=1S/C19H28O3/c1-4-15(3)16-8-10-17(11-9-16)21-14-18(20)22-19(5-2)12-6-7-13-19/h8-11,15H,4-7,12-14H2,1-3H3. The number of hydrogen-bond donors (Lipinski definition) is 0. The van der Waals surface area contributed by atoms with Crippen LogP contribution >= 0.6 is 0 Å². The number of carbonyl (C=O) groups excluding carboxylic acids is 1. The van der Waals surface area contributed by atoms with Gasteiger partial charge in [0.15, 0.2) is 6.61 Å². The van der Waals surface area contributed by atoms with Crippen molar-refractivity contribution in [2.45, 2.75) is 70.8 Å². The van der Waals surface area contributed by atoms with Crippen LogP contribution in [-0.4, -0.2) is 18.2 Å². The third-order valence-electron chi connectivity index (χ3n) is 4.91. The van der Waals surface area contributed by atoms with Gasteiger partial charge in [0.2, 0.25) is 0 Å². The lowest BCUT2D eigenvalue weighted by Gasteiger charge is -2.27. The van der Waals surface area contributed by atoms with Crippen molar-refractivity contribution in [3.8, 4) is 5.75 Å². The molecule has 0 saturated heterocycles.